The van der Waals surface area contributed by atoms with Crippen LogP contribution >= 0.6 is 0 Å². The molecule has 0 aromatic carbocycles. The maximum Gasteiger partial charge on any atom is 0.163 e. The molecule has 4 heteroatoms. The monoisotopic (exact) mass is 176 g/mol. The van der Waals surface area contributed by atoms with Gasteiger partial charge in [0.05, 0.1) is 12.7 Å². The molecular formula is C8H16O4. The van der Waals surface area contributed by atoms with E-state index in [1.807, 2.05) is 6.92 Å². The van der Waals surface area contributed by atoms with Crippen molar-refractivity contribution in [1.29, 1.82) is 0 Å². The quantitative estimate of drug-likeness (QED) is 0.529. The molecule has 1 rings (SSSR count). The lowest BCUT2D eigenvalue weighted by molar-refractivity contribution is -0.138. The van der Waals surface area contributed by atoms with E-state index in [1.165, 1.54) is 0 Å². The number of aliphatic hydroxyl groups excluding tert-OH is 3. The smallest absolute Gasteiger partial charge is 0.163 e. The molecule has 0 saturated carbocycles. The highest BCUT2D eigenvalue weighted by atomic mass is 16.6. The van der Waals surface area contributed by atoms with E-state index < -0.39 is 23.9 Å². The first-order chi connectivity index (χ1) is 5.56. The molecule has 1 fully saturated rings. The zero-order valence-electron chi connectivity index (χ0n) is 7.40. The van der Waals surface area contributed by atoms with Crippen molar-refractivity contribution < 1.29 is 20.1 Å². The van der Waals surface area contributed by atoms with Gasteiger partial charge in [0.2, 0.25) is 0 Å². The second kappa shape index (κ2) is 3.30. The van der Waals surface area contributed by atoms with Crippen LogP contribution in [0.5, 0.6) is 0 Å². The van der Waals surface area contributed by atoms with Crippen LogP contribution in [0.1, 0.15) is 20.3 Å². The minimum atomic E-state index is -0.977. The van der Waals surface area contributed by atoms with E-state index in [0.29, 0.717) is 6.42 Å². The fraction of sp³-hybridized carbons (Fsp3) is 1.00. The standard InChI is InChI=1S/C8H16O4/c1-3-8(2)6(10)5(4-9)12-7(8)11/h5-7,9-11H,3-4H2,1-2H3/t5-,6-,7?,8+/m1/s1. The van der Waals surface area contributed by atoms with Crippen molar-refractivity contribution in [3.05, 3.63) is 0 Å². The van der Waals surface area contributed by atoms with E-state index in [4.69, 9.17) is 9.84 Å². The van der Waals surface area contributed by atoms with Crippen molar-refractivity contribution >= 4 is 0 Å². The average molecular weight is 176 g/mol. The van der Waals surface area contributed by atoms with Crippen molar-refractivity contribution in [2.75, 3.05) is 6.61 Å². The first kappa shape index (κ1) is 9.92. The first-order valence-electron chi connectivity index (χ1n) is 4.18. The third kappa shape index (κ3) is 1.25. The summed E-state index contributed by atoms with van der Waals surface area (Å²) in [6.45, 7) is 3.36. The van der Waals surface area contributed by atoms with Gasteiger partial charge >= 0.3 is 0 Å². The number of hydrogen-bond acceptors (Lipinski definition) is 4. The molecule has 0 aliphatic carbocycles. The Kier molecular flexibility index (Phi) is 2.73. The van der Waals surface area contributed by atoms with Gasteiger partial charge in [0, 0.05) is 5.41 Å². The topological polar surface area (TPSA) is 69.9 Å². The molecule has 72 valence electrons. The lowest BCUT2D eigenvalue weighted by atomic mass is 9.81. The Balaban J connectivity index is 2.76. The first-order valence-corrected chi connectivity index (χ1v) is 4.18. The van der Waals surface area contributed by atoms with Crippen LogP contribution in [-0.2, 0) is 4.74 Å². The largest absolute Gasteiger partial charge is 0.394 e. The van der Waals surface area contributed by atoms with Crippen molar-refractivity contribution in [1.82, 2.24) is 0 Å². The molecule has 1 heterocycles. The third-order valence-electron chi connectivity index (χ3n) is 2.84. The predicted octanol–water partition coefficient (Wildman–Crippen LogP) is -0.527. The molecule has 0 aromatic rings. The minimum absolute atomic E-state index is 0.256. The van der Waals surface area contributed by atoms with Crippen LogP contribution < -0.4 is 0 Å². The highest BCUT2D eigenvalue weighted by molar-refractivity contribution is 4.94. The van der Waals surface area contributed by atoms with Crippen molar-refractivity contribution in [3.8, 4) is 0 Å². The molecule has 1 unspecified atom stereocenters. The number of aliphatic hydroxyl groups is 3. The number of rotatable bonds is 2. The molecule has 0 amide bonds. The Hall–Kier alpha value is -0.160. The van der Waals surface area contributed by atoms with Crippen LogP contribution in [0.2, 0.25) is 0 Å². The summed E-state index contributed by atoms with van der Waals surface area (Å²) < 4.78 is 4.98. The fourth-order valence-corrected chi connectivity index (χ4v) is 1.49. The van der Waals surface area contributed by atoms with Gasteiger partial charge in [-0.15, -0.1) is 0 Å². The lowest BCUT2D eigenvalue weighted by Gasteiger charge is -2.27. The normalized spacial score (nSPS) is 48.2. The molecule has 0 bridgehead atoms. The second-order valence-corrected chi connectivity index (χ2v) is 3.51. The van der Waals surface area contributed by atoms with Gasteiger partial charge in [0.15, 0.2) is 6.29 Å². The van der Waals surface area contributed by atoms with Crippen LogP contribution in [0.15, 0.2) is 0 Å². The van der Waals surface area contributed by atoms with Crippen molar-refractivity contribution in [3.63, 3.8) is 0 Å². The Morgan fingerprint density at radius 3 is 2.25 bits per heavy atom. The van der Waals surface area contributed by atoms with Gasteiger partial charge in [-0.2, -0.15) is 0 Å². The summed E-state index contributed by atoms with van der Waals surface area (Å²) in [4.78, 5) is 0. The minimum Gasteiger partial charge on any atom is -0.394 e. The zero-order chi connectivity index (χ0) is 9.35. The van der Waals surface area contributed by atoms with E-state index in [-0.39, 0.29) is 6.61 Å². The zero-order valence-corrected chi connectivity index (χ0v) is 7.40. The number of hydrogen-bond donors (Lipinski definition) is 3. The summed E-state index contributed by atoms with van der Waals surface area (Å²) in [5, 5.41) is 27.8. The maximum atomic E-state index is 9.63. The van der Waals surface area contributed by atoms with Crippen LogP contribution in [0.4, 0.5) is 0 Å². The summed E-state index contributed by atoms with van der Waals surface area (Å²) >= 11 is 0. The summed E-state index contributed by atoms with van der Waals surface area (Å²) in [5.74, 6) is 0. The summed E-state index contributed by atoms with van der Waals surface area (Å²) in [6, 6.07) is 0. The van der Waals surface area contributed by atoms with Gasteiger partial charge < -0.3 is 20.1 Å². The number of ether oxygens (including phenoxy) is 1. The Morgan fingerprint density at radius 1 is 1.42 bits per heavy atom. The maximum absolute atomic E-state index is 9.63. The summed E-state index contributed by atoms with van der Waals surface area (Å²) in [5.41, 5.74) is -0.645. The van der Waals surface area contributed by atoms with E-state index in [2.05, 4.69) is 0 Å². The molecule has 1 saturated heterocycles. The van der Waals surface area contributed by atoms with Gasteiger partial charge in [0.25, 0.3) is 0 Å². The molecule has 1 aliphatic rings. The Morgan fingerprint density at radius 2 is 2.00 bits per heavy atom. The molecule has 0 spiro atoms. The summed E-state index contributed by atoms with van der Waals surface area (Å²) in [6.07, 6.45) is -1.80. The molecule has 0 aromatic heterocycles. The highest BCUT2D eigenvalue weighted by Gasteiger charge is 2.50. The van der Waals surface area contributed by atoms with E-state index in [9.17, 15) is 10.2 Å². The van der Waals surface area contributed by atoms with Gasteiger partial charge in [-0.25, -0.2) is 0 Å². The van der Waals surface area contributed by atoms with E-state index in [1.54, 1.807) is 6.92 Å². The van der Waals surface area contributed by atoms with Crippen LogP contribution in [0.3, 0.4) is 0 Å². The molecule has 1 aliphatic heterocycles. The molecule has 4 atom stereocenters. The van der Waals surface area contributed by atoms with Gasteiger partial charge in [0.1, 0.15) is 6.10 Å². The van der Waals surface area contributed by atoms with Gasteiger partial charge in [-0.05, 0) is 6.42 Å². The molecular weight excluding hydrogens is 160 g/mol. The summed E-state index contributed by atoms with van der Waals surface area (Å²) in [7, 11) is 0. The lowest BCUT2D eigenvalue weighted by Crippen LogP contribution is -2.38. The van der Waals surface area contributed by atoms with Crippen LogP contribution in [-0.4, -0.2) is 40.4 Å². The Labute approximate surface area is 71.8 Å². The van der Waals surface area contributed by atoms with Crippen LogP contribution in [0, 0.1) is 5.41 Å². The predicted molar refractivity (Wildman–Crippen MR) is 42.4 cm³/mol. The SMILES string of the molecule is CC[C@]1(C)C(O)O[C@H](CO)[C@H]1O. The highest BCUT2D eigenvalue weighted by Crippen LogP contribution is 2.39. The Bertz CT molecular complexity index is 161. The average Bonchev–Trinajstić information content (AvgIpc) is 2.30. The van der Waals surface area contributed by atoms with E-state index in [0.717, 1.165) is 0 Å². The molecule has 12 heavy (non-hydrogen) atoms. The third-order valence-corrected chi connectivity index (χ3v) is 2.84. The molecule has 0 radical (unpaired) electrons. The fourth-order valence-electron chi connectivity index (χ4n) is 1.49. The molecule has 3 N–H and O–H groups in total. The second-order valence-electron chi connectivity index (χ2n) is 3.51. The molecule has 4 nitrogen and oxygen atoms in total. The van der Waals surface area contributed by atoms with Gasteiger partial charge in [-0.3, -0.25) is 0 Å². The van der Waals surface area contributed by atoms with Crippen LogP contribution in [0.25, 0.3) is 0 Å². The van der Waals surface area contributed by atoms with Crippen molar-refractivity contribution in [2.24, 2.45) is 5.41 Å². The van der Waals surface area contributed by atoms with E-state index >= 15 is 0 Å². The van der Waals surface area contributed by atoms with Crippen molar-refractivity contribution in [2.45, 2.75) is 38.8 Å². The van der Waals surface area contributed by atoms with Gasteiger partial charge in [-0.1, -0.05) is 13.8 Å².